The van der Waals surface area contributed by atoms with Crippen LogP contribution >= 0.6 is 0 Å². The van der Waals surface area contributed by atoms with Gasteiger partial charge in [0.15, 0.2) is 0 Å². The van der Waals surface area contributed by atoms with Crippen molar-refractivity contribution in [2.75, 3.05) is 12.3 Å². The lowest BCUT2D eigenvalue weighted by atomic mass is 10.1. The van der Waals surface area contributed by atoms with Crippen LogP contribution in [0.5, 0.6) is 0 Å². The maximum Gasteiger partial charge on any atom is 0.244 e. The van der Waals surface area contributed by atoms with Crippen molar-refractivity contribution in [2.45, 2.75) is 25.3 Å². The first-order valence-electron chi connectivity index (χ1n) is 9.20. The highest BCUT2D eigenvalue weighted by molar-refractivity contribution is 7.89. The first kappa shape index (κ1) is 20.1. The van der Waals surface area contributed by atoms with E-state index in [1.54, 1.807) is 35.1 Å². The van der Waals surface area contributed by atoms with Crippen molar-refractivity contribution in [2.24, 2.45) is 13.0 Å². The van der Waals surface area contributed by atoms with Gasteiger partial charge in [0.2, 0.25) is 10.0 Å². The van der Waals surface area contributed by atoms with Crippen molar-refractivity contribution in [3.05, 3.63) is 66.5 Å². The summed E-state index contributed by atoms with van der Waals surface area (Å²) >= 11 is 0. The molecule has 2 N–H and O–H groups in total. The molecule has 0 unspecified atom stereocenters. The third kappa shape index (κ3) is 4.43. The molecule has 3 rings (SSSR count). The van der Waals surface area contributed by atoms with Gasteiger partial charge in [0, 0.05) is 43.1 Å². The zero-order valence-corrected chi connectivity index (χ0v) is 17.2. The van der Waals surface area contributed by atoms with Crippen LogP contribution in [0.15, 0.2) is 65.8 Å². The van der Waals surface area contributed by atoms with E-state index < -0.39 is 10.0 Å². The Kier molecular flexibility index (Phi) is 5.86. The van der Waals surface area contributed by atoms with E-state index in [1.807, 2.05) is 51.4 Å². The molecule has 0 atom stereocenters. The molecule has 7 heteroatoms. The highest BCUT2D eigenvalue weighted by Crippen LogP contribution is 2.31. The lowest BCUT2D eigenvalue weighted by Gasteiger charge is -2.25. The number of hydrogen-bond donors (Lipinski definition) is 1. The van der Waals surface area contributed by atoms with Gasteiger partial charge in [-0.15, -0.1) is 0 Å². The van der Waals surface area contributed by atoms with Crippen LogP contribution in [0.4, 0.5) is 5.69 Å². The number of hydrogen-bond acceptors (Lipinski definition) is 4. The number of rotatable bonds is 7. The van der Waals surface area contributed by atoms with Crippen molar-refractivity contribution >= 4 is 15.7 Å². The summed E-state index contributed by atoms with van der Waals surface area (Å²) in [6.07, 6.45) is 3.54. The monoisotopic (exact) mass is 398 g/mol. The van der Waals surface area contributed by atoms with Crippen LogP contribution in [0.2, 0.25) is 0 Å². The summed E-state index contributed by atoms with van der Waals surface area (Å²) in [4.78, 5) is 0.283. The van der Waals surface area contributed by atoms with E-state index in [0.29, 0.717) is 17.8 Å². The SMILES string of the molecule is CC(C)CN(Cc1cnn(C)c1)S(=O)(=O)c1ccccc1-c1cccc(N)c1. The fourth-order valence-electron chi connectivity index (χ4n) is 3.19. The number of nitrogen functional groups attached to an aromatic ring is 1. The minimum absolute atomic E-state index is 0.186. The highest BCUT2D eigenvalue weighted by Gasteiger charge is 2.28. The van der Waals surface area contributed by atoms with Gasteiger partial charge in [-0.2, -0.15) is 9.40 Å². The second-order valence-electron chi connectivity index (χ2n) is 7.34. The molecule has 0 aliphatic rings. The quantitative estimate of drug-likeness (QED) is 0.618. The number of aryl methyl sites for hydroxylation is 1. The van der Waals surface area contributed by atoms with E-state index in [0.717, 1.165) is 11.1 Å². The lowest BCUT2D eigenvalue weighted by molar-refractivity contribution is 0.362. The van der Waals surface area contributed by atoms with Gasteiger partial charge in [-0.3, -0.25) is 4.68 Å². The second-order valence-corrected chi connectivity index (χ2v) is 9.24. The Balaban J connectivity index is 2.06. The van der Waals surface area contributed by atoms with Gasteiger partial charge in [-0.25, -0.2) is 8.42 Å². The standard InChI is InChI=1S/C21H26N4O2S/c1-16(2)13-25(15-17-12-23-24(3)14-17)28(26,27)21-10-5-4-9-20(21)18-7-6-8-19(22)11-18/h4-12,14,16H,13,15,22H2,1-3H3. The zero-order chi connectivity index (χ0) is 20.3. The van der Waals surface area contributed by atoms with E-state index >= 15 is 0 Å². The Morgan fingerprint density at radius 3 is 2.54 bits per heavy atom. The first-order valence-corrected chi connectivity index (χ1v) is 10.6. The predicted octanol–water partition coefficient (Wildman–Crippen LogP) is 3.52. The maximum atomic E-state index is 13.6. The molecule has 3 aromatic rings. The number of aromatic nitrogens is 2. The molecule has 0 saturated heterocycles. The minimum atomic E-state index is -3.72. The average molecular weight is 399 g/mol. The molecule has 0 bridgehead atoms. The van der Waals surface area contributed by atoms with Crippen molar-refractivity contribution < 1.29 is 8.42 Å². The number of anilines is 1. The fraction of sp³-hybridized carbons (Fsp3) is 0.286. The molecule has 6 nitrogen and oxygen atoms in total. The van der Waals surface area contributed by atoms with E-state index in [9.17, 15) is 8.42 Å². The Bertz CT molecular complexity index is 1060. The average Bonchev–Trinajstić information content (AvgIpc) is 3.06. The Morgan fingerprint density at radius 2 is 1.89 bits per heavy atom. The van der Waals surface area contributed by atoms with Crippen LogP contribution in [0, 0.1) is 5.92 Å². The molecule has 28 heavy (non-hydrogen) atoms. The molecular weight excluding hydrogens is 372 g/mol. The number of benzene rings is 2. The molecule has 0 saturated carbocycles. The van der Waals surface area contributed by atoms with Gasteiger partial charge in [-0.1, -0.05) is 44.2 Å². The molecule has 0 amide bonds. The molecule has 0 fully saturated rings. The molecule has 0 aliphatic heterocycles. The Hall–Kier alpha value is -2.64. The third-order valence-corrected chi connectivity index (χ3v) is 6.26. The first-order chi connectivity index (χ1) is 13.3. The largest absolute Gasteiger partial charge is 0.399 e. The van der Waals surface area contributed by atoms with E-state index in [-0.39, 0.29) is 17.4 Å². The molecular formula is C21H26N4O2S. The van der Waals surface area contributed by atoms with Gasteiger partial charge in [0.1, 0.15) is 0 Å². The van der Waals surface area contributed by atoms with Gasteiger partial charge in [0.25, 0.3) is 0 Å². The summed E-state index contributed by atoms with van der Waals surface area (Å²) < 4.78 is 30.5. The van der Waals surface area contributed by atoms with Crippen LogP contribution in [0.25, 0.3) is 11.1 Å². The molecule has 1 heterocycles. The fourth-order valence-corrected chi connectivity index (χ4v) is 4.99. The van der Waals surface area contributed by atoms with E-state index in [2.05, 4.69) is 5.10 Å². The molecule has 1 aromatic heterocycles. The molecule has 0 radical (unpaired) electrons. The summed E-state index contributed by atoms with van der Waals surface area (Å²) in [5.41, 5.74) is 8.80. The van der Waals surface area contributed by atoms with E-state index in [4.69, 9.17) is 5.73 Å². The van der Waals surface area contributed by atoms with Crippen LogP contribution in [-0.4, -0.2) is 29.0 Å². The smallest absolute Gasteiger partial charge is 0.244 e. The van der Waals surface area contributed by atoms with Crippen LogP contribution in [-0.2, 0) is 23.6 Å². The Labute approximate surface area is 166 Å². The number of nitrogens with two attached hydrogens (primary N) is 1. The molecule has 0 aliphatic carbocycles. The predicted molar refractivity (Wildman–Crippen MR) is 112 cm³/mol. The summed E-state index contributed by atoms with van der Waals surface area (Å²) in [5.74, 6) is 0.186. The Morgan fingerprint density at radius 1 is 1.14 bits per heavy atom. The number of sulfonamides is 1. The maximum absolute atomic E-state index is 13.6. The van der Waals surface area contributed by atoms with Crippen molar-refractivity contribution in [3.63, 3.8) is 0 Å². The van der Waals surface area contributed by atoms with Gasteiger partial charge in [0.05, 0.1) is 11.1 Å². The lowest BCUT2D eigenvalue weighted by Crippen LogP contribution is -2.34. The van der Waals surface area contributed by atoms with E-state index in [1.165, 1.54) is 4.31 Å². The molecule has 0 spiro atoms. The summed E-state index contributed by atoms with van der Waals surface area (Å²) in [6, 6.07) is 14.3. The normalized spacial score (nSPS) is 12.0. The summed E-state index contributed by atoms with van der Waals surface area (Å²) in [5, 5.41) is 4.16. The molecule has 148 valence electrons. The van der Waals surface area contributed by atoms with Crippen molar-refractivity contribution in [3.8, 4) is 11.1 Å². The van der Waals surface area contributed by atoms with Crippen LogP contribution in [0.1, 0.15) is 19.4 Å². The van der Waals surface area contributed by atoms with Crippen molar-refractivity contribution in [1.29, 1.82) is 0 Å². The van der Waals surface area contributed by atoms with Crippen molar-refractivity contribution in [1.82, 2.24) is 14.1 Å². The second kappa shape index (κ2) is 8.16. The van der Waals surface area contributed by atoms with Crippen LogP contribution < -0.4 is 5.73 Å². The topological polar surface area (TPSA) is 81.2 Å². The van der Waals surface area contributed by atoms with Gasteiger partial charge in [-0.05, 0) is 29.7 Å². The zero-order valence-electron chi connectivity index (χ0n) is 16.4. The van der Waals surface area contributed by atoms with Crippen LogP contribution in [0.3, 0.4) is 0 Å². The summed E-state index contributed by atoms with van der Waals surface area (Å²) in [7, 11) is -1.90. The third-order valence-electron chi connectivity index (χ3n) is 4.39. The van der Waals surface area contributed by atoms with Gasteiger partial charge < -0.3 is 5.73 Å². The number of nitrogens with zero attached hydrogens (tertiary/aromatic N) is 3. The molecule has 2 aromatic carbocycles. The highest BCUT2D eigenvalue weighted by atomic mass is 32.2. The minimum Gasteiger partial charge on any atom is -0.399 e. The summed E-state index contributed by atoms with van der Waals surface area (Å²) in [6.45, 7) is 4.72. The van der Waals surface area contributed by atoms with Gasteiger partial charge >= 0.3 is 0 Å².